The van der Waals surface area contributed by atoms with Crippen molar-refractivity contribution in [1.82, 2.24) is 4.90 Å². The van der Waals surface area contributed by atoms with E-state index in [1.165, 1.54) is 25.2 Å². The van der Waals surface area contributed by atoms with Crippen molar-refractivity contribution < 1.29 is 48.3 Å². The maximum atomic E-state index is 12.7. The fourth-order valence-electron chi connectivity index (χ4n) is 5.21. The number of carbonyl (C=O) groups is 4. The number of carboxylic acids is 2. The third-order valence-electron chi connectivity index (χ3n) is 7.77. The standard InChI is InChI=1S/C33H39NO10S/c1-17(32(37)38)7-24(35)30-13-21-10-27(26(42-6)14-29(21)45-30)43-19(3)9-20(4)44-28-12-23-16-34(15-22(23)11-25(28)41-5)31(36)8-18(2)33(39)40/h10-14,17-20H,7-9,15-16H2,1-6H3,(H,37,38)(H,39,40)/t17-,18-,19?,20?/m0/s1. The number of ether oxygens (including phenoxy) is 4. The topological polar surface area (TPSA) is 149 Å². The molecule has 11 nitrogen and oxygen atoms in total. The Morgan fingerprint density at radius 2 is 1.27 bits per heavy atom. The minimum atomic E-state index is -1.01. The molecule has 4 atom stereocenters. The molecule has 3 aromatic rings. The van der Waals surface area contributed by atoms with Gasteiger partial charge in [-0.05, 0) is 54.6 Å². The first-order valence-corrected chi connectivity index (χ1v) is 15.5. The zero-order valence-electron chi connectivity index (χ0n) is 26.2. The van der Waals surface area contributed by atoms with Crippen molar-refractivity contribution in [3.05, 3.63) is 46.3 Å². The van der Waals surface area contributed by atoms with Gasteiger partial charge in [0.1, 0.15) is 0 Å². The number of thiophene rings is 1. The molecule has 2 unspecified atom stereocenters. The number of ketones is 1. The molecule has 0 aliphatic carbocycles. The summed E-state index contributed by atoms with van der Waals surface area (Å²) in [4.78, 5) is 49.8. The van der Waals surface area contributed by atoms with Gasteiger partial charge < -0.3 is 34.1 Å². The first-order valence-electron chi connectivity index (χ1n) is 14.7. The van der Waals surface area contributed by atoms with E-state index in [0.717, 1.165) is 21.2 Å². The summed E-state index contributed by atoms with van der Waals surface area (Å²) in [7, 11) is 3.09. The Kier molecular flexibility index (Phi) is 10.6. The monoisotopic (exact) mass is 641 g/mol. The van der Waals surface area contributed by atoms with Crippen LogP contribution in [0.25, 0.3) is 10.1 Å². The average molecular weight is 642 g/mol. The SMILES string of the molecule is COc1cc2c(cc1OC(C)CC(C)Oc1cc3cc(C(=O)C[C@H](C)C(=O)O)sc3cc1OC)CN(C(=O)C[C@H](C)C(=O)O)C2. The van der Waals surface area contributed by atoms with Gasteiger partial charge in [-0.2, -0.15) is 0 Å². The number of hydrogen-bond acceptors (Lipinski definition) is 9. The van der Waals surface area contributed by atoms with E-state index in [0.29, 0.717) is 47.4 Å². The number of methoxy groups -OCH3 is 2. The van der Waals surface area contributed by atoms with Crippen molar-refractivity contribution in [1.29, 1.82) is 0 Å². The maximum absolute atomic E-state index is 12.7. The molecule has 4 rings (SSSR count). The molecule has 2 heterocycles. The second-order valence-electron chi connectivity index (χ2n) is 11.6. The lowest BCUT2D eigenvalue weighted by Gasteiger charge is -2.22. The number of carboxylic acid groups (broad SMARTS) is 2. The molecule has 0 saturated carbocycles. The second-order valence-corrected chi connectivity index (χ2v) is 12.7. The Morgan fingerprint density at radius 1 is 0.756 bits per heavy atom. The number of fused-ring (bicyclic) bond motifs is 2. The fraction of sp³-hybridized carbons (Fsp3) is 0.455. The molecule has 2 N–H and O–H groups in total. The molecule has 0 saturated heterocycles. The van der Waals surface area contributed by atoms with Crippen LogP contribution in [0.15, 0.2) is 30.3 Å². The van der Waals surface area contributed by atoms with Gasteiger partial charge in [0.05, 0.1) is 43.1 Å². The van der Waals surface area contributed by atoms with E-state index in [2.05, 4.69) is 0 Å². The van der Waals surface area contributed by atoms with E-state index < -0.39 is 23.8 Å². The second kappa shape index (κ2) is 14.2. The molecule has 0 radical (unpaired) electrons. The van der Waals surface area contributed by atoms with Gasteiger partial charge in [0.15, 0.2) is 28.8 Å². The van der Waals surface area contributed by atoms with Gasteiger partial charge in [0, 0.05) is 43.1 Å². The number of aliphatic carboxylic acids is 2. The van der Waals surface area contributed by atoms with E-state index in [9.17, 15) is 19.2 Å². The highest BCUT2D eigenvalue weighted by atomic mass is 32.1. The van der Waals surface area contributed by atoms with Gasteiger partial charge in [-0.15, -0.1) is 11.3 Å². The fourth-order valence-corrected chi connectivity index (χ4v) is 6.23. The largest absolute Gasteiger partial charge is 0.493 e. The molecule has 1 aliphatic heterocycles. The zero-order valence-corrected chi connectivity index (χ0v) is 27.1. The van der Waals surface area contributed by atoms with Crippen molar-refractivity contribution in [2.75, 3.05) is 14.2 Å². The Morgan fingerprint density at radius 3 is 1.82 bits per heavy atom. The number of Topliss-reactive ketones (excluding diaryl/α,β-unsaturated/α-hetero) is 1. The van der Waals surface area contributed by atoms with Crippen molar-refractivity contribution in [2.45, 2.75) is 72.3 Å². The Balaban J connectivity index is 1.41. The molecule has 1 aliphatic rings. The van der Waals surface area contributed by atoms with Crippen molar-refractivity contribution in [3.8, 4) is 23.0 Å². The molecule has 0 fully saturated rings. The summed E-state index contributed by atoms with van der Waals surface area (Å²) in [5, 5.41) is 19.1. The Hall–Kier alpha value is -4.32. The van der Waals surface area contributed by atoms with Crippen LogP contribution in [0.1, 0.15) is 67.8 Å². The normalized spacial score (nSPS) is 15.1. The molecule has 242 valence electrons. The van der Waals surface area contributed by atoms with Gasteiger partial charge in [0.25, 0.3) is 0 Å². The molecule has 0 spiro atoms. The van der Waals surface area contributed by atoms with Crippen LogP contribution in [0, 0.1) is 11.8 Å². The van der Waals surface area contributed by atoms with E-state index in [1.54, 1.807) is 25.2 Å². The van der Waals surface area contributed by atoms with Gasteiger partial charge in [0.2, 0.25) is 5.91 Å². The first kappa shape index (κ1) is 33.6. The Bertz CT molecular complexity index is 1600. The van der Waals surface area contributed by atoms with Crippen LogP contribution in [0.3, 0.4) is 0 Å². The van der Waals surface area contributed by atoms with E-state index in [-0.39, 0.29) is 36.7 Å². The summed E-state index contributed by atoms with van der Waals surface area (Å²) in [5.41, 5.74) is 1.85. The third-order valence-corrected chi connectivity index (χ3v) is 8.91. The summed E-state index contributed by atoms with van der Waals surface area (Å²) in [5.74, 6) is -1.87. The van der Waals surface area contributed by atoms with Crippen LogP contribution >= 0.6 is 11.3 Å². The minimum Gasteiger partial charge on any atom is -0.493 e. The molecule has 0 bridgehead atoms. The van der Waals surface area contributed by atoms with Gasteiger partial charge in [-0.25, -0.2) is 0 Å². The number of carbonyl (C=O) groups excluding carboxylic acids is 2. The van der Waals surface area contributed by atoms with Crippen LogP contribution < -0.4 is 18.9 Å². The summed E-state index contributed by atoms with van der Waals surface area (Å²) in [6.07, 6.45) is -0.186. The molecule has 1 aromatic heterocycles. The number of hydrogen-bond donors (Lipinski definition) is 2. The molecule has 45 heavy (non-hydrogen) atoms. The smallest absolute Gasteiger partial charge is 0.306 e. The van der Waals surface area contributed by atoms with Gasteiger partial charge in [-0.3, -0.25) is 19.2 Å². The predicted octanol–water partition coefficient (Wildman–Crippen LogP) is 5.79. The Labute approximate surface area is 265 Å². The van der Waals surface area contributed by atoms with E-state index >= 15 is 0 Å². The highest BCUT2D eigenvalue weighted by Crippen LogP contribution is 2.39. The van der Waals surface area contributed by atoms with Gasteiger partial charge >= 0.3 is 11.9 Å². The lowest BCUT2D eigenvalue weighted by atomic mass is 10.0. The van der Waals surface area contributed by atoms with Crippen LogP contribution in [0.4, 0.5) is 0 Å². The van der Waals surface area contributed by atoms with Crippen LogP contribution in [0.5, 0.6) is 23.0 Å². The summed E-state index contributed by atoms with van der Waals surface area (Å²) in [6, 6.07) is 9.10. The molecular formula is C33H39NO10S. The maximum Gasteiger partial charge on any atom is 0.306 e. The lowest BCUT2D eigenvalue weighted by Crippen LogP contribution is -2.28. The van der Waals surface area contributed by atoms with E-state index in [4.69, 9.17) is 29.2 Å². The van der Waals surface area contributed by atoms with Crippen LogP contribution in [0.2, 0.25) is 0 Å². The van der Waals surface area contributed by atoms with Crippen molar-refractivity contribution in [2.24, 2.45) is 11.8 Å². The van der Waals surface area contributed by atoms with Crippen molar-refractivity contribution in [3.63, 3.8) is 0 Å². The number of benzene rings is 2. The predicted molar refractivity (Wildman–Crippen MR) is 168 cm³/mol. The third kappa shape index (κ3) is 8.05. The molecular weight excluding hydrogens is 602 g/mol. The summed E-state index contributed by atoms with van der Waals surface area (Å²) >= 11 is 1.29. The van der Waals surface area contributed by atoms with Crippen molar-refractivity contribution >= 4 is 45.1 Å². The highest BCUT2D eigenvalue weighted by Gasteiger charge is 2.28. The van der Waals surface area contributed by atoms with Crippen LogP contribution in [-0.4, -0.2) is 65.2 Å². The summed E-state index contributed by atoms with van der Waals surface area (Å²) < 4.78 is 24.5. The first-order chi connectivity index (χ1) is 21.3. The zero-order chi connectivity index (χ0) is 33.0. The minimum absolute atomic E-state index is 0.0613. The number of rotatable bonds is 15. The molecule has 12 heteroatoms. The molecule has 2 aromatic carbocycles. The van der Waals surface area contributed by atoms with Gasteiger partial charge in [-0.1, -0.05) is 13.8 Å². The lowest BCUT2D eigenvalue weighted by molar-refractivity contribution is -0.145. The molecule has 1 amide bonds. The summed E-state index contributed by atoms with van der Waals surface area (Å²) in [6.45, 7) is 7.62. The quantitative estimate of drug-likeness (QED) is 0.195. The number of nitrogens with zero attached hydrogens (tertiary/aromatic N) is 1. The number of amides is 1. The van der Waals surface area contributed by atoms with E-state index in [1.807, 2.05) is 38.1 Å². The average Bonchev–Trinajstić information content (AvgIpc) is 3.59. The highest BCUT2D eigenvalue weighted by molar-refractivity contribution is 7.20. The van der Waals surface area contributed by atoms with Crippen LogP contribution in [-0.2, 0) is 27.5 Å².